The van der Waals surface area contributed by atoms with Gasteiger partial charge in [0, 0.05) is 12.0 Å². The molecular formula is C10H9F5N2O2S. The van der Waals surface area contributed by atoms with Crippen LogP contribution in [0.1, 0.15) is 36.2 Å². The van der Waals surface area contributed by atoms with Crippen molar-refractivity contribution in [3.8, 4) is 0 Å². The average Bonchev–Trinajstić information content (AvgIpc) is 2.69. The number of fused-ring (bicyclic) bond motifs is 1. The zero-order valence-electron chi connectivity index (χ0n) is 9.91. The lowest BCUT2D eigenvalue weighted by Crippen LogP contribution is -2.26. The van der Waals surface area contributed by atoms with E-state index in [9.17, 15) is 26.2 Å². The molecule has 1 aromatic rings. The van der Waals surface area contributed by atoms with Gasteiger partial charge in [-0.3, -0.25) is 4.68 Å². The molecule has 112 valence electrons. The Hall–Kier alpha value is -1.32. The number of hydrogen-bond acceptors (Lipinski definition) is 4. The maximum Gasteiger partial charge on any atom is 0.341 e. The topological polar surface area (TPSA) is 44.1 Å². The number of rotatable bonds is 4. The molecule has 1 aromatic heterocycles. The van der Waals surface area contributed by atoms with E-state index in [1.54, 1.807) is 0 Å². The fourth-order valence-corrected chi connectivity index (χ4v) is 2.38. The molecule has 0 spiro atoms. The Balaban J connectivity index is 2.44. The fourth-order valence-electron chi connectivity index (χ4n) is 2.25. The summed E-state index contributed by atoms with van der Waals surface area (Å²) < 4.78 is 69.4. The Morgan fingerprint density at radius 1 is 1.50 bits per heavy atom. The predicted molar refractivity (Wildman–Crippen MR) is 58.8 cm³/mol. The standard InChI is InChI=1S/C10H9F5N2O2S/c11-9(12)7-5-2-1-3-10(13,14)8(5)17(16-7)4-6(18)19-20-15/h9H,1-4H2. The lowest BCUT2D eigenvalue weighted by atomic mass is 9.92. The van der Waals surface area contributed by atoms with Crippen LogP contribution in [0.25, 0.3) is 0 Å². The molecule has 4 nitrogen and oxygen atoms in total. The molecule has 0 unspecified atom stereocenters. The minimum atomic E-state index is -3.35. The van der Waals surface area contributed by atoms with Gasteiger partial charge in [0.25, 0.3) is 24.8 Å². The molecule has 2 rings (SSSR count). The van der Waals surface area contributed by atoms with Gasteiger partial charge < -0.3 is 4.18 Å². The Kier molecular flexibility index (Phi) is 4.21. The van der Waals surface area contributed by atoms with Crippen LogP contribution in [0.4, 0.5) is 21.4 Å². The molecule has 1 heterocycles. The lowest BCUT2D eigenvalue weighted by molar-refractivity contribution is -0.134. The molecule has 0 N–H and O–H groups in total. The van der Waals surface area contributed by atoms with Gasteiger partial charge in [0.2, 0.25) is 0 Å². The highest BCUT2D eigenvalue weighted by molar-refractivity contribution is 7.89. The summed E-state index contributed by atoms with van der Waals surface area (Å²) in [4.78, 5) is 11.1. The largest absolute Gasteiger partial charge is 0.359 e. The molecule has 0 radical (unpaired) electrons. The van der Waals surface area contributed by atoms with E-state index in [2.05, 4.69) is 9.28 Å². The van der Waals surface area contributed by atoms with Crippen molar-refractivity contribution in [2.24, 2.45) is 0 Å². The summed E-state index contributed by atoms with van der Waals surface area (Å²) in [7, 11) is 0. The van der Waals surface area contributed by atoms with Crippen LogP contribution in [0.15, 0.2) is 0 Å². The number of aromatic nitrogens is 2. The van der Waals surface area contributed by atoms with Crippen molar-refractivity contribution in [2.45, 2.75) is 38.2 Å². The van der Waals surface area contributed by atoms with Crippen LogP contribution in [0, 0.1) is 0 Å². The van der Waals surface area contributed by atoms with Gasteiger partial charge in [-0.1, -0.05) is 0 Å². The summed E-state index contributed by atoms with van der Waals surface area (Å²) in [5.74, 6) is -4.54. The summed E-state index contributed by atoms with van der Waals surface area (Å²) in [5.41, 5.74) is -1.71. The van der Waals surface area contributed by atoms with Gasteiger partial charge >= 0.3 is 5.97 Å². The molecule has 0 bridgehead atoms. The van der Waals surface area contributed by atoms with E-state index in [-0.39, 0.29) is 18.4 Å². The van der Waals surface area contributed by atoms with Gasteiger partial charge in [-0.25, -0.2) is 13.6 Å². The van der Waals surface area contributed by atoms with Gasteiger partial charge in [-0.2, -0.15) is 13.9 Å². The van der Waals surface area contributed by atoms with E-state index >= 15 is 0 Å². The third-order valence-corrected chi connectivity index (χ3v) is 3.20. The Bertz CT molecular complexity index is 520. The molecule has 0 aromatic carbocycles. The van der Waals surface area contributed by atoms with E-state index in [1.807, 2.05) is 0 Å². The Morgan fingerprint density at radius 2 is 2.20 bits per heavy atom. The molecule has 0 saturated heterocycles. The van der Waals surface area contributed by atoms with E-state index in [0.29, 0.717) is 4.68 Å². The van der Waals surface area contributed by atoms with Crippen LogP contribution in [-0.4, -0.2) is 15.7 Å². The quantitative estimate of drug-likeness (QED) is 0.631. The minimum absolute atomic E-state index is 0.0392. The van der Waals surface area contributed by atoms with Gasteiger partial charge in [-0.05, 0) is 12.8 Å². The minimum Gasteiger partial charge on any atom is -0.359 e. The maximum absolute atomic E-state index is 13.8. The summed E-state index contributed by atoms with van der Waals surface area (Å²) in [6, 6.07) is 0. The number of alkyl halides is 4. The van der Waals surface area contributed by atoms with E-state index < -0.39 is 55.1 Å². The van der Waals surface area contributed by atoms with Gasteiger partial charge in [0.1, 0.15) is 17.9 Å². The highest BCUT2D eigenvalue weighted by atomic mass is 32.2. The normalized spacial score (nSPS) is 17.1. The second-order valence-corrected chi connectivity index (χ2v) is 4.54. The van der Waals surface area contributed by atoms with Gasteiger partial charge in [0.15, 0.2) is 0 Å². The molecule has 1 aliphatic rings. The molecule has 1 aliphatic carbocycles. The molecule has 0 atom stereocenters. The first-order chi connectivity index (χ1) is 9.36. The monoisotopic (exact) mass is 316 g/mol. The summed E-state index contributed by atoms with van der Waals surface area (Å²) in [6.07, 6.45) is -3.44. The van der Waals surface area contributed by atoms with Crippen LogP contribution in [0.3, 0.4) is 0 Å². The fraction of sp³-hybridized carbons (Fsp3) is 0.600. The van der Waals surface area contributed by atoms with Crippen molar-refractivity contribution in [3.63, 3.8) is 0 Å². The number of hydrogen-bond donors (Lipinski definition) is 0. The molecular weight excluding hydrogens is 307 g/mol. The molecule has 0 saturated carbocycles. The van der Waals surface area contributed by atoms with Crippen molar-refractivity contribution in [2.75, 3.05) is 0 Å². The third-order valence-electron chi connectivity index (χ3n) is 2.96. The molecule has 20 heavy (non-hydrogen) atoms. The first kappa shape index (κ1) is 15.1. The summed E-state index contributed by atoms with van der Waals surface area (Å²) >= 11 is -0.747. The number of carbonyl (C=O) groups is 1. The molecule has 0 aliphatic heterocycles. The lowest BCUT2D eigenvalue weighted by Gasteiger charge is -2.23. The van der Waals surface area contributed by atoms with Crippen LogP contribution in [0.2, 0.25) is 0 Å². The van der Waals surface area contributed by atoms with Crippen LogP contribution in [0.5, 0.6) is 0 Å². The predicted octanol–water partition coefficient (Wildman–Crippen LogP) is 3.32. The smallest absolute Gasteiger partial charge is 0.341 e. The van der Waals surface area contributed by atoms with E-state index in [0.717, 1.165) is 0 Å². The van der Waals surface area contributed by atoms with Crippen LogP contribution < -0.4 is 0 Å². The SMILES string of the molecule is O=C(Cn1nc(C(F)F)c2c1C(F)(F)CCC2)OSF. The summed E-state index contributed by atoms with van der Waals surface area (Å²) in [6.45, 7) is -0.846. The first-order valence-electron chi connectivity index (χ1n) is 5.61. The van der Waals surface area contributed by atoms with E-state index in [1.165, 1.54) is 0 Å². The zero-order valence-corrected chi connectivity index (χ0v) is 10.7. The molecule has 0 fully saturated rings. The molecule has 0 amide bonds. The Labute approximate surface area is 114 Å². The van der Waals surface area contributed by atoms with Crippen LogP contribution >= 0.6 is 12.4 Å². The maximum atomic E-state index is 13.8. The number of carbonyl (C=O) groups excluding carboxylic acids is 1. The highest BCUT2D eigenvalue weighted by Crippen LogP contribution is 2.43. The van der Waals surface area contributed by atoms with Crippen molar-refractivity contribution in [1.82, 2.24) is 9.78 Å². The second kappa shape index (κ2) is 5.58. The van der Waals surface area contributed by atoms with Crippen molar-refractivity contribution in [1.29, 1.82) is 0 Å². The van der Waals surface area contributed by atoms with E-state index in [4.69, 9.17) is 0 Å². The zero-order chi connectivity index (χ0) is 14.9. The highest BCUT2D eigenvalue weighted by Gasteiger charge is 2.43. The number of nitrogens with zero attached hydrogens (tertiary/aromatic N) is 2. The van der Waals surface area contributed by atoms with Gasteiger partial charge in [-0.15, -0.1) is 3.89 Å². The second-order valence-electron chi connectivity index (χ2n) is 4.25. The summed E-state index contributed by atoms with van der Waals surface area (Å²) in [5, 5.41) is 3.36. The van der Waals surface area contributed by atoms with Crippen LogP contribution in [-0.2, 0) is 27.9 Å². The average molecular weight is 316 g/mol. The van der Waals surface area contributed by atoms with Crippen molar-refractivity contribution >= 4 is 18.4 Å². The third kappa shape index (κ3) is 2.74. The Morgan fingerprint density at radius 3 is 2.80 bits per heavy atom. The van der Waals surface area contributed by atoms with Crippen molar-refractivity contribution in [3.05, 3.63) is 17.0 Å². The first-order valence-corrected chi connectivity index (χ1v) is 6.25. The van der Waals surface area contributed by atoms with Gasteiger partial charge in [0.05, 0.1) is 0 Å². The molecule has 10 heteroatoms. The number of halogens is 5. The van der Waals surface area contributed by atoms with Crippen molar-refractivity contribution < 1.29 is 30.4 Å².